The molecular weight excluding hydrogens is 418 g/mol. The van der Waals surface area contributed by atoms with Gasteiger partial charge in [-0.3, -0.25) is 9.59 Å². The molecule has 1 aliphatic heterocycles. The second-order valence-corrected chi connectivity index (χ2v) is 9.63. The minimum Gasteiger partial charge on any atom is -0.352 e. The first-order valence-corrected chi connectivity index (χ1v) is 12.5. The Morgan fingerprint density at radius 3 is 2.62 bits per heavy atom. The number of carbonyl (C=O) groups excluding carboxylic acids is 2. The lowest BCUT2D eigenvalue weighted by atomic mass is 10.00. The third-order valence-corrected chi connectivity index (χ3v) is 7.01. The van der Waals surface area contributed by atoms with E-state index in [1.807, 2.05) is 12.1 Å². The van der Waals surface area contributed by atoms with E-state index in [1.165, 1.54) is 44.7 Å². The first-order valence-electron chi connectivity index (χ1n) is 11.6. The summed E-state index contributed by atoms with van der Waals surface area (Å²) in [4.78, 5) is 29.0. The maximum atomic E-state index is 12.7. The molecule has 2 aromatic rings. The van der Waals surface area contributed by atoms with Gasteiger partial charge in [0.1, 0.15) is 0 Å². The highest BCUT2D eigenvalue weighted by atomic mass is 32.2. The molecule has 0 bridgehead atoms. The molecule has 5 nitrogen and oxygen atoms in total. The highest BCUT2D eigenvalue weighted by Crippen LogP contribution is 2.34. The summed E-state index contributed by atoms with van der Waals surface area (Å²) >= 11 is 1.57. The van der Waals surface area contributed by atoms with Crippen LogP contribution in [0.2, 0.25) is 0 Å². The van der Waals surface area contributed by atoms with Crippen LogP contribution in [0.1, 0.15) is 61.9 Å². The van der Waals surface area contributed by atoms with E-state index in [2.05, 4.69) is 53.6 Å². The van der Waals surface area contributed by atoms with E-state index in [9.17, 15) is 9.59 Å². The summed E-state index contributed by atoms with van der Waals surface area (Å²) in [5, 5.41) is 5.92. The van der Waals surface area contributed by atoms with Crippen molar-refractivity contribution in [1.29, 1.82) is 0 Å². The predicted octanol–water partition coefficient (Wildman–Crippen LogP) is 5.49. The van der Waals surface area contributed by atoms with Crippen molar-refractivity contribution in [1.82, 2.24) is 10.2 Å². The zero-order chi connectivity index (χ0) is 22.9. The molecule has 3 rings (SSSR count). The van der Waals surface area contributed by atoms with Crippen LogP contribution in [0, 0.1) is 6.92 Å². The summed E-state index contributed by atoms with van der Waals surface area (Å²) in [6.45, 7) is 8.66. The molecule has 2 N–H and O–H groups in total. The highest BCUT2D eigenvalue weighted by molar-refractivity contribution is 7.99. The Morgan fingerprint density at radius 1 is 1.12 bits per heavy atom. The maximum absolute atomic E-state index is 12.7. The number of amides is 2. The second kappa shape index (κ2) is 12.1. The Balaban J connectivity index is 1.59. The van der Waals surface area contributed by atoms with Gasteiger partial charge in [0.15, 0.2) is 0 Å². The SMILES string of the molecule is CC[C@@H]1CCCCN1CCCNC(=O)c1ccc(Sc2ccc(C)cc2)c(NC(C)=O)c1. The minimum absolute atomic E-state index is 0.103. The molecule has 0 aromatic heterocycles. The number of nitrogens with one attached hydrogen (secondary N) is 2. The van der Waals surface area contributed by atoms with Crippen LogP contribution < -0.4 is 10.6 Å². The van der Waals surface area contributed by atoms with Crippen molar-refractivity contribution in [3.8, 4) is 0 Å². The zero-order valence-electron chi connectivity index (χ0n) is 19.4. The molecule has 172 valence electrons. The molecule has 1 saturated heterocycles. The van der Waals surface area contributed by atoms with Crippen LogP contribution in [0.3, 0.4) is 0 Å². The van der Waals surface area contributed by atoms with E-state index in [0.717, 1.165) is 22.8 Å². The molecular formula is C26H35N3O2S. The molecule has 1 fully saturated rings. The van der Waals surface area contributed by atoms with Gasteiger partial charge in [-0.1, -0.05) is 42.8 Å². The maximum Gasteiger partial charge on any atom is 0.251 e. The molecule has 0 saturated carbocycles. The molecule has 1 aliphatic rings. The van der Waals surface area contributed by atoms with Gasteiger partial charge < -0.3 is 15.5 Å². The van der Waals surface area contributed by atoms with Gasteiger partial charge in [0.25, 0.3) is 5.91 Å². The summed E-state index contributed by atoms with van der Waals surface area (Å²) in [6.07, 6.45) is 6.05. The lowest BCUT2D eigenvalue weighted by molar-refractivity contribution is -0.114. The van der Waals surface area contributed by atoms with Gasteiger partial charge in [0.05, 0.1) is 5.69 Å². The van der Waals surface area contributed by atoms with Crippen molar-refractivity contribution in [3.63, 3.8) is 0 Å². The van der Waals surface area contributed by atoms with Gasteiger partial charge in [0.2, 0.25) is 5.91 Å². The molecule has 0 aliphatic carbocycles. The molecule has 1 atom stereocenters. The average Bonchev–Trinajstić information content (AvgIpc) is 2.79. The van der Waals surface area contributed by atoms with Crippen molar-refractivity contribution in [2.75, 3.05) is 25.0 Å². The smallest absolute Gasteiger partial charge is 0.251 e. The molecule has 1 heterocycles. The number of likely N-dealkylation sites (tertiary alicyclic amines) is 1. The summed E-state index contributed by atoms with van der Waals surface area (Å²) in [7, 11) is 0. The predicted molar refractivity (Wildman–Crippen MR) is 133 cm³/mol. The Labute approximate surface area is 196 Å². The van der Waals surface area contributed by atoms with Crippen LogP contribution in [-0.4, -0.2) is 42.4 Å². The van der Waals surface area contributed by atoms with Crippen LogP contribution in [0.15, 0.2) is 52.3 Å². The van der Waals surface area contributed by atoms with E-state index < -0.39 is 0 Å². The van der Waals surface area contributed by atoms with E-state index in [-0.39, 0.29) is 11.8 Å². The summed E-state index contributed by atoms with van der Waals surface area (Å²) in [5.41, 5.74) is 2.43. The average molecular weight is 454 g/mol. The topological polar surface area (TPSA) is 61.4 Å². The number of carbonyl (C=O) groups is 2. The van der Waals surface area contributed by atoms with Gasteiger partial charge >= 0.3 is 0 Å². The molecule has 32 heavy (non-hydrogen) atoms. The summed E-state index contributed by atoms with van der Waals surface area (Å²) < 4.78 is 0. The number of benzene rings is 2. The standard InChI is InChI=1S/C26H35N3O2S/c1-4-22-8-5-6-16-29(22)17-7-15-27-26(31)21-11-14-25(24(18-21)28-20(3)30)32-23-12-9-19(2)10-13-23/h9-14,18,22H,4-8,15-17H2,1-3H3,(H,27,31)(H,28,30)/t22-/m1/s1. The number of nitrogens with zero attached hydrogens (tertiary/aromatic N) is 1. The summed E-state index contributed by atoms with van der Waals surface area (Å²) in [6, 6.07) is 14.4. The fraction of sp³-hybridized carbons (Fsp3) is 0.462. The van der Waals surface area contributed by atoms with Crippen LogP contribution in [0.4, 0.5) is 5.69 Å². The normalized spacial score (nSPS) is 16.5. The van der Waals surface area contributed by atoms with E-state index in [0.29, 0.717) is 23.8 Å². The van der Waals surface area contributed by atoms with Crippen LogP contribution in [0.25, 0.3) is 0 Å². The van der Waals surface area contributed by atoms with Gasteiger partial charge in [0, 0.05) is 41.4 Å². The van der Waals surface area contributed by atoms with Crippen LogP contribution in [-0.2, 0) is 4.79 Å². The number of piperidine rings is 1. The van der Waals surface area contributed by atoms with Gasteiger partial charge in [-0.2, -0.15) is 0 Å². The van der Waals surface area contributed by atoms with Crippen molar-refractivity contribution in [2.24, 2.45) is 0 Å². The number of anilines is 1. The molecule has 0 spiro atoms. The first kappa shape index (κ1) is 24.3. The van der Waals surface area contributed by atoms with Crippen molar-refractivity contribution in [3.05, 3.63) is 53.6 Å². The summed E-state index contributed by atoms with van der Waals surface area (Å²) in [5.74, 6) is -0.255. The van der Waals surface area contributed by atoms with Crippen molar-refractivity contribution in [2.45, 2.75) is 68.7 Å². The number of hydrogen-bond acceptors (Lipinski definition) is 4. The lowest BCUT2D eigenvalue weighted by Crippen LogP contribution is -2.40. The molecule has 6 heteroatoms. The fourth-order valence-corrected chi connectivity index (χ4v) is 5.07. The van der Waals surface area contributed by atoms with E-state index >= 15 is 0 Å². The Morgan fingerprint density at radius 2 is 1.91 bits per heavy atom. The molecule has 2 aromatic carbocycles. The largest absolute Gasteiger partial charge is 0.352 e. The van der Waals surface area contributed by atoms with E-state index in [1.54, 1.807) is 17.8 Å². The number of hydrogen-bond donors (Lipinski definition) is 2. The highest BCUT2D eigenvalue weighted by Gasteiger charge is 2.20. The molecule has 0 radical (unpaired) electrons. The van der Waals surface area contributed by atoms with Crippen LogP contribution >= 0.6 is 11.8 Å². The molecule has 2 amide bonds. The number of rotatable bonds is 9. The van der Waals surface area contributed by atoms with Gasteiger partial charge in [-0.05, 0) is 69.5 Å². The third-order valence-electron chi connectivity index (χ3n) is 5.93. The first-order chi connectivity index (χ1) is 15.5. The fourth-order valence-electron chi connectivity index (χ4n) is 4.18. The Hall–Kier alpha value is -2.31. The lowest BCUT2D eigenvalue weighted by Gasteiger charge is -2.35. The third kappa shape index (κ3) is 7.10. The van der Waals surface area contributed by atoms with Crippen molar-refractivity contribution < 1.29 is 9.59 Å². The molecule has 0 unspecified atom stereocenters. The Kier molecular flexibility index (Phi) is 9.18. The van der Waals surface area contributed by atoms with Gasteiger partial charge in [-0.25, -0.2) is 0 Å². The van der Waals surface area contributed by atoms with E-state index in [4.69, 9.17) is 0 Å². The zero-order valence-corrected chi connectivity index (χ0v) is 20.3. The van der Waals surface area contributed by atoms with Crippen LogP contribution in [0.5, 0.6) is 0 Å². The Bertz CT molecular complexity index is 914. The van der Waals surface area contributed by atoms with Crippen molar-refractivity contribution >= 4 is 29.3 Å². The number of aryl methyl sites for hydroxylation is 1. The quantitative estimate of drug-likeness (QED) is 0.493. The minimum atomic E-state index is -0.152. The second-order valence-electron chi connectivity index (χ2n) is 8.51. The monoisotopic (exact) mass is 453 g/mol. The van der Waals surface area contributed by atoms with Gasteiger partial charge in [-0.15, -0.1) is 0 Å².